The lowest BCUT2D eigenvalue weighted by Crippen LogP contribution is -2.30. The van der Waals surface area contributed by atoms with Gasteiger partial charge in [0.05, 0.1) is 17.3 Å². The summed E-state index contributed by atoms with van der Waals surface area (Å²) in [5, 5.41) is 7.81. The fourth-order valence-electron chi connectivity index (χ4n) is 1.26. The summed E-state index contributed by atoms with van der Waals surface area (Å²) < 4.78 is 0.839. The van der Waals surface area contributed by atoms with Crippen LogP contribution in [0, 0.1) is 11.3 Å². The summed E-state index contributed by atoms with van der Waals surface area (Å²) in [6.07, 6.45) is 2.11. The first-order valence-corrected chi connectivity index (χ1v) is 5.35. The summed E-state index contributed by atoms with van der Waals surface area (Å²) in [7, 11) is 0. The maximum atomic E-state index is 11.1. The Hall–Kier alpha value is -1.23. The smallest absolute Gasteiger partial charge is 0.226 e. The molecule has 0 aliphatic carbocycles. The molecule has 0 fully saturated rings. The van der Waals surface area contributed by atoms with E-state index in [1.165, 1.54) is 0 Å². The highest BCUT2D eigenvalue weighted by Crippen LogP contribution is 2.13. The molecular weight excluding hydrogens is 258 g/mol. The van der Waals surface area contributed by atoms with Crippen molar-refractivity contribution in [2.24, 2.45) is 11.7 Å². The number of hydrogen-bond donors (Lipinski definition) is 2. The minimum Gasteiger partial charge on any atom is -0.369 e. The molecule has 15 heavy (non-hydrogen) atoms. The molecule has 0 aromatic carbocycles. The monoisotopic (exact) mass is 269 g/mol. The van der Waals surface area contributed by atoms with Gasteiger partial charge in [-0.05, 0) is 34.5 Å². The van der Waals surface area contributed by atoms with E-state index in [0.717, 1.165) is 4.47 Å². The number of halogens is 1. The molecule has 4 nitrogen and oxygen atoms in total. The SMILES string of the molecule is CC[C@H](C(=N)c1ccc(Br)cn1)C(N)=O. The van der Waals surface area contributed by atoms with E-state index in [2.05, 4.69) is 20.9 Å². The third kappa shape index (κ3) is 2.86. The van der Waals surface area contributed by atoms with Crippen LogP contribution >= 0.6 is 15.9 Å². The average Bonchev–Trinajstić information content (AvgIpc) is 2.19. The molecule has 0 saturated carbocycles. The van der Waals surface area contributed by atoms with Crippen molar-refractivity contribution in [3.63, 3.8) is 0 Å². The molecule has 0 radical (unpaired) electrons. The zero-order valence-electron chi connectivity index (χ0n) is 8.33. The fraction of sp³-hybridized carbons (Fsp3) is 0.300. The third-order valence-electron chi connectivity index (χ3n) is 2.10. The number of rotatable bonds is 4. The molecule has 0 saturated heterocycles. The molecule has 1 aromatic rings. The average molecular weight is 270 g/mol. The van der Waals surface area contributed by atoms with Gasteiger partial charge >= 0.3 is 0 Å². The highest BCUT2D eigenvalue weighted by atomic mass is 79.9. The van der Waals surface area contributed by atoms with Crippen molar-refractivity contribution in [3.05, 3.63) is 28.5 Å². The molecule has 1 heterocycles. The number of nitrogens with two attached hydrogens (primary N) is 1. The molecule has 80 valence electrons. The number of aromatic nitrogens is 1. The van der Waals surface area contributed by atoms with Crippen LogP contribution in [0.25, 0.3) is 0 Å². The van der Waals surface area contributed by atoms with E-state index in [4.69, 9.17) is 11.1 Å². The maximum Gasteiger partial charge on any atom is 0.226 e. The van der Waals surface area contributed by atoms with Crippen LogP contribution in [0.5, 0.6) is 0 Å². The summed E-state index contributed by atoms with van der Waals surface area (Å²) in [4.78, 5) is 15.1. The molecule has 1 rings (SSSR count). The molecule has 0 bridgehead atoms. The molecule has 1 aromatic heterocycles. The van der Waals surface area contributed by atoms with Crippen molar-refractivity contribution in [2.75, 3.05) is 0 Å². The van der Waals surface area contributed by atoms with Crippen LogP contribution in [-0.4, -0.2) is 16.6 Å². The molecule has 0 aliphatic rings. The Labute approximate surface area is 96.5 Å². The Morgan fingerprint density at radius 1 is 1.67 bits per heavy atom. The predicted molar refractivity (Wildman–Crippen MR) is 61.7 cm³/mol. The number of hydrogen-bond acceptors (Lipinski definition) is 3. The quantitative estimate of drug-likeness (QED) is 0.817. The summed E-state index contributed by atoms with van der Waals surface area (Å²) in [6.45, 7) is 1.82. The van der Waals surface area contributed by atoms with Crippen molar-refractivity contribution >= 4 is 27.5 Å². The summed E-state index contributed by atoms with van der Waals surface area (Å²) in [5.74, 6) is -1.04. The Bertz CT molecular complexity index is 375. The molecule has 1 amide bonds. The van der Waals surface area contributed by atoms with E-state index in [9.17, 15) is 4.79 Å². The van der Waals surface area contributed by atoms with Gasteiger partial charge in [0, 0.05) is 10.7 Å². The zero-order valence-corrected chi connectivity index (χ0v) is 9.91. The minimum absolute atomic E-state index is 0.178. The van der Waals surface area contributed by atoms with Gasteiger partial charge in [0.2, 0.25) is 5.91 Å². The zero-order chi connectivity index (χ0) is 11.4. The van der Waals surface area contributed by atoms with Crippen LogP contribution in [0.4, 0.5) is 0 Å². The number of carbonyl (C=O) groups is 1. The second-order valence-corrected chi connectivity index (χ2v) is 4.05. The summed E-state index contributed by atoms with van der Waals surface area (Å²) in [5.41, 5.74) is 5.87. The number of primary amides is 1. The molecule has 0 aliphatic heterocycles. The standard InChI is InChI=1S/C10H12BrN3O/c1-2-7(10(13)15)9(12)8-4-3-6(11)5-14-8/h3-5,7,12H,2H2,1H3,(H2,13,15)/t7-/m1/s1. The Morgan fingerprint density at radius 3 is 2.73 bits per heavy atom. The Morgan fingerprint density at radius 2 is 2.33 bits per heavy atom. The first-order chi connectivity index (χ1) is 7.06. The molecule has 0 unspecified atom stereocenters. The van der Waals surface area contributed by atoms with Crippen molar-refractivity contribution < 1.29 is 4.79 Å². The van der Waals surface area contributed by atoms with E-state index in [-0.39, 0.29) is 5.71 Å². The van der Waals surface area contributed by atoms with E-state index in [1.54, 1.807) is 18.3 Å². The van der Waals surface area contributed by atoms with Crippen molar-refractivity contribution in [1.29, 1.82) is 5.41 Å². The van der Waals surface area contributed by atoms with Gasteiger partial charge in [0.25, 0.3) is 0 Å². The molecule has 5 heteroatoms. The van der Waals surface area contributed by atoms with Gasteiger partial charge in [-0.25, -0.2) is 0 Å². The fourth-order valence-corrected chi connectivity index (χ4v) is 1.50. The first-order valence-electron chi connectivity index (χ1n) is 4.56. The van der Waals surface area contributed by atoms with E-state index in [1.807, 2.05) is 6.92 Å². The summed E-state index contributed by atoms with van der Waals surface area (Å²) >= 11 is 3.25. The third-order valence-corrected chi connectivity index (χ3v) is 2.57. The lowest BCUT2D eigenvalue weighted by molar-refractivity contribution is -0.119. The molecule has 3 N–H and O–H groups in total. The Kier molecular flexibility index (Phi) is 3.96. The largest absolute Gasteiger partial charge is 0.369 e. The molecule has 1 atom stereocenters. The van der Waals surface area contributed by atoms with Gasteiger partial charge in [0.15, 0.2) is 0 Å². The molecule has 0 spiro atoms. The predicted octanol–water partition coefficient (Wildman–Crippen LogP) is 1.72. The first kappa shape index (κ1) is 11.8. The Balaban J connectivity index is 2.93. The number of carbonyl (C=O) groups excluding carboxylic acids is 1. The van der Waals surface area contributed by atoms with Crippen LogP contribution in [0.1, 0.15) is 19.0 Å². The minimum atomic E-state index is -0.557. The summed E-state index contributed by atoms with van der Waals surface area (Å²) in [6, 6.07) is 3.47. The second kappa shape index (κ2) is 5.02. The van der Waals surface area contributed by atoms with Gasteiger partial charge in [-0.2, -0.15) is 0 Å². The van der Waals surface area contributed by atoms with Gasteiger partial charge in [-0.1, -0.05) is 6.92 Å². The number of amides is 1. The van der Waals surface area contributed by atoms with Gasteiger partial charge < -0.3 is 11.1 Å². The topological polar surface area (TPSA) is 79.8 Å². The number of nitrogens with one attached hydrogen (secondary N) is 1. The number of nitrogens with zero attached hydrogens (tertiary/aromatic N) is 1. The van der Waals surface area contributed by atoms with Crippen molar-refractivity contribution in [1.82, 2.24) is 4.98 Å². The maximum absolute atomic E-state index is 11.1. The van der Waals surface area contributed by atoms with E-state index >= 15 is 0 Å². The lowest BCUT2D eigenvalue weighted by Gasteiger charge is -2.11. The van der Waals surface area contributed by atoms with E-state index in [0.29, 0.717) is 12.1 Å². The van der Waals surface area contributed by atoms with Crippen LogP contribution in [0.3, 0.4) is 0 Å². The van der Waals surface area contributed by atoms with E-state index < -0.39 is 11.8 Å². The highest BCUT2D eigenvalue weighted by Gasteiger charge is 2.20. The van der Waals surface area contributed by atoms with Crippen molar-refractivity contribution in [2.45, 2.75) is 13.3 Å². The lowest BCUT2D eigenvalue weighted by atomic mass is 9.97. The molecular formula is C10H12BrN3O. The van der Waals surface area contributed by atoms with Crippen LogP contribution in [0.2, 0.25) is 0 Å². The normalized spacial score (nSPS) is 12.1. The van der Waals surface area contributed by atoms with Crippen LogP contribution in [-0.2, 0) is 4.79 Å². The van der Waals surface area contributed by atoms with Gasteiger partial charge in [-0.3, -0.25) is 9.78 Å². The van der Waals surface area contributed by atoms with Gasteiger partial charge in [-0.15, -0.1) is 0 Å². The second-order valence-electron chi connectivity index (χ2n) is 3.14. The highest BCUT2D eigenvalue weighted by molar-refractivity contribution is 9.10. The number of pyridine rings is 1. The van der Waals surface area contributed by atoms with Crippen LogP contribution in [0.15, 0.2) is 22.8 Å². The van der Waals surface area contributed by atoms with Gasteiger partial charge in [0.1, 0.15) is 0 Å². The van der Waals surface area contributed by atoms with Crippen molar-refractivity contribution in [3.8, 4) is 0 Å². The van der Waals surface area contributed by atoms with Crippen LogP contribution < -0.4 is 5.73 Å².